The zero-order chi connectivity index (χ0) is 27.5. The van der Waals surface area contributed by atoms with Crippen LogP contribution in [0.4, 0.5) is 0 Å². The number of allylic oxidation sites excluding steroid dienone is 2. The van der Waals surface area contributed by atoms with Crippen molar-refractivity contribution < 1.29 is 68.7 Å². The number of nitrogens with two attached hydrogens (primary N) is 1. The van der Waals surface area contributed by atoms with Crippen molar-refractivity contribution in [3.8, 4) is 23.0 Å². The summed E-state index contributed by atoms with van der Waals surface area (Å²) < 4.78 is 20.9. The number of esters is 2. The third-order valence-electron chi connectivity index (χ3n) is 4.84. The Bertz CT molecular complexity index is 1130. The number of ether oxygens (including phenoxy) is 4. The number of quaternary nitrogens is 1. The molecule has 39 heavy (non-hydrogen) atoms. The molecule has 0 radical (unpaired) electrons. The first-order valence-electron chi connectivity index (χ1n) is 11.3. The van der Waals surface area contributed by atoms with Crippen LogP contribution in [-0.4, -0.2) is 49.8 Å². The van der Waals surface area contributed by atoms with Gasteiger partial charge in [0.05, 0.1) is 20.6 Å². The Balaban J connectivity index is 0.00000722. The number of carbonyl (C=O) groups excluding carboxylic acids is 4. The highest BCUT2D eigenvalue weighted by Crippen LogP contribution is 2.30. The minimum Gasteiger partial charge on any atom is -1.00 e. The predicted octanol–water partition coefficient (Wildman–Crippen LogP) is -4.24. The van der Waals surface area contributed by atoms with Gasteiger partial charge in [-0.2, -0.15) is 0 Å². The van der Waals surface area contributed by atoms with Crippen molar-refractivity contribution in [2.24, 2.45) is 5.73 Å². The van der Waals surface area contributed by atoms with Crippen molar-refractivity contribution in [3.63, 3.8) is 0 Å². The summed E-state index contributed by atoms with van der Waals surface area (Å²) in [4.78, 5) is 48.0. The molecule has 0 aliphatic heterocycles. The largest absolute Gasteiger partial charge is 1.00 e. The first-order valence-corrected chi connectivity index (χ1v) is 11.3. The molecular formula is C27H31Cl2N2O8-. The molecule has 212 valence electrons. The van der Waals surface area contributed by atoms with E-state index in [0.717, 1.165) is 0 Å². The summed E-state index contributed by atoms with van der Waals surface area (Å²) in [7, 11) is 2.85. The molecule has 0 fully saturated rings. The van der Waals surface area contributed by atoms with Crippen LogP contribution >= 0.6 is 0 Å². The van der Waals surface area contributed by atoms with E-state index in [0.29, 0.717) is 22.6 Å². The summed E-state index contributed by atoms with van der Waals surface area (Å²) in [5, 5.41) is 0. The second-order valence-electron chi connectivity index (χ2n) is 8.13. The molecule has 10 nitrogen and oxygen atoms in total. The van der Waals surface area contributed by atoms with Gasteiger partial charge in [0.2, 0.25) is 0 Å². The second-order valence-corrected chi connectivity index (χ2v) is 8.13. The number of hydrogen-bond acceptors (Lipinski definition) is 9. The molecule has 5 N–H and O–H groups in total. The van der Waals surface area contributed by atoms with Gasteiger partial charge in [-0.05, 0) is 61.4 Å². The SMILES string of the molecule is COc1cc(/C=C/C(=O)CC(=O)/C=C/c2ccc(OC(=O)[C@@H](C)[NH3+])c(OC)c2)ccc1OC(=O)[C@@H](C)N.[Cl-].[Cl-]. The zero-order valence-corrected chi connectivity index (χ0v) is 23.5. The molecule has 2 aromatic carbocycles. The van der Waals surface area contributed by atoms with E-state index < -0.39 is 35.6 Å². The molecule has 2 atom stereocenters. The van der Waals surface area contributed by atoms with Gasteiger partial charge >= 0.3 is 11.9 Å². The van der Waals surface area contributed by atoms with E-state index in [9.17, 15) is 19.2 Å². The minimum atomic E-state index is -0.790. The highest BCUT2D eigenvalue weighted by Gasteiger charge is 2.17. The molecule has 0 saturated heterocycles. The van der Waals surface area contributed by atoms with Gasteiger partial charge in [0.25, 0.3) is 0 Å². The Morgan fingerprint density at radius 2 is 1.18 bits per heavy atom. The fourth-order valence-electron chi connectivity index (χ4n) is 2.82. The number of hydrogen-bond donors (Lipinski definition) is 2. The van der Waals surface area contributed by atoms with Gasteiger partial charge in [-0.3, -0.25) is 9.59 Å². The van der Waals surface area contributed by atoms with Gasteiger partial charge in [-0.25, -0.2) is 9.59 Å². The molecule has 0 spiro atoms. The van der Waals surface area contributed by atoms with Crippen LogP contribution in [0, 0.1) is 0 Å². The van der Waals surface area contributed by atoms with Crippen LogP contribution in [0.2, 0.25) is 0 Å². The summed E-state index contributed by atoms with van der Waals surface area (Å²) in [5.74, 6) is -0.853. The average Bonchev–Trinajstić information content (AvgIpc) is 2.87. The van der Waals surface area contributed by atoms with Gasteiger partial charge < -0.3 is 55.2 Å². The van der Waals surface area contributed by atoms with Crippen molar-refractivity contribution in [1.29, 1.82) is 0 Å². The smallest absolute Gasteiger partial charge is 0.369 e. The fraction of sp³-hybridized carbons (Fsp3) is 0.259. The van der Waals surface area contributed by atoms with E-state index >= 15 is 0 Å². The molecule has 2 rings (SSSR count). The summed E-state index contributed by atoms with van der Waals surface area (Å²) >= 11 is 0. The Morgan fingerprint density at radius 1 is 0.769 bits per heavy atom. The quantitative estimate of drug-likeness (QED) is 0.109. The zero-order valence-electron chi connectivity index (χ0n) is 21.9. The minimum absolute atomic E-state index is 0. The van der Waals surface area contributed by atoms with E-state index in [1.165, 1.54) is 51.5 Å². The second kappa shape index (κ2) is 17.0. The van der Waals surface area contributed by atoms with E-state index in [4.69, 9.17) is 24.7 Å². The Kier molecular flexibility index (Phi) is 15.4. The topological polar surface area (TPSA) is 159 Å². The van der Waals surface area contributed by atoms with Gasteiger partial charge in [0, 0.05) is 0 Å². The average molecular weight is 582 g/mol. The lowest BCUT2D eigenvalue weighted by Crippen LogP contribution is -3.00. The molecule has 0 aromatic heterocycles. The maximum absolute atomic E-state index is 12.3. The van der Waals surface area contributed by atoms with E-state index in [1.54, 1.807) is 37.3 Å². The van der Waals surface area contributed by atoms with E-state index in [-0.39, 0.29) is 42.7 Å². The summed E-state index contributed by atoms with van der Waals surface area (Å²) in [6.45, 7) is 3.12. The number of methoxy groups -OCH3 is 2. The monoisotopic (exact) mass is 581 g/mol. The number of rotatable bonds is 12. The molecule has 0 heterocycles. The number of halogens is 2. The molecule has 0 saturated carbocycles. The maximum Gasteiger partial charge on any atom is 0.369 e. The van der Waals surface area contributed by atoms with Crippen LogP contribution in [0.3, 0.4) is 0 Å². The van der Waals surface area contributed by atoms with Crippen LogP contribution in [0.1, 0.15) is 31.4 Å². The van der Waals surface area contributed by atoms with E-state index in [2.05, 4.69) is 5.73 Å². The third kappa shape index (κ3) is 11.3. The number of benzene rings is 2. The molecule has 0 unspecified atom stereocenters. The summed E-state index contributed by atoms with van der Waals surface area (Å²) in [6, 6.07) is 8.20. The van der Waals surface area contributed by atoms with Crippen molar-refractivity contribution in [2.45, 2.75) is 32.4 Å². The van der Waals surface area contributed by atoms with Gasteiger partial charge in [-0.1, -0.05) is 24.3 Å². The van der Waals surface area contributed by atoms with Crippen molar-refractivity contribution in [3.05, 3.63) is 59.7 Å². The molecular weight excluding hydrogens is 551 g/mol. The normalized spacial score (nSPS) is 12.1. The van der Waals surface area contributed by atoms with Gasteiger partial charge in [0.1, 0.15) is 6.04 Å². The van der Waals surface area contributed by atoms with Crippen LogP contribution in [0.25, 0.3) is 12.2 Å². The van der Waals surface area contributed by atoms with Crippen LogP contribution in [0.15, 0.2) is 48.6 Å². The Morgan fingerprint density at radius 3 is 1.54 bits per heavy atom. The van der Waals surface area contributed by atoms with Crippen LogP contribution in [0.5, 0.6) is 23.0 Å². The fourth-order valence-corrected chi connectivity index (χ4v) is 2.82. The van der Waals surface area contributed by atoms with E-state index in [1.807, 2.05) is 0 Å². The number of carbonyl (C=O) groups is 4. The van der Waals surface area contributed by atoms with Crippen LogP contribution < -0.4 is 55.2 Å². The standard InChI is InChI=1S/C27H30N2O8.2ClH/c1-16(28)26(32)36-22-11-7-18(13-24(22)34-3)5-9-20(30)15-21(31)10-6-19-8-12-23(25(14-19)35-4)37-27(33)17(2)29;;/h5-14,16-17H,15,28-29H2,1-4H3;2*1H/p-1/b9-5+,10-6+;;/t16-,17-;;/m1../s1. The summed E-state index contributed by atoms with van der Waals surface area (Å²) in [5.41, 5.74) is 10.3. The van der Waals surface area contributed by atoms with Crippen molar-refractivity contribution in [2.75, 3.05) is 14.2 Å². The Hall–Kier alpha value is -3.70. The first-order chi connectivity index (χ1) is 17.5. The molecule has 0 bridgehead atoms. The maximum atomic E-state index is 12.3. The predicted molar refractivity (Wildman–Crippen MR) is 136 cm³/mol. The first kappa shape index (κ1) is 35.3. The summed E-state index contributed by atoms with van der Waals surface area (Å²) in [6.07, 6.45) is 5.29. The molecule has 0 aliphatic carbocycles. The van der Waals surface area contributed by atoms with Crippen molar-refractivity contribution >= 4 is 35.7 Å². The lowest BCUT2D eigenvalue weighted by atomic mass is 10.1. The Labute approximate surface area is 239 Å². The number of ketones is 2. The molecule has 2 aromatic rings. The lowest BCUT2D eigenvalue weighted by molar-refractivity contribution is -0.401. The highest BCUT2D eigenvalue weighted by molar-refractivity contribution is 6.10. The van der Waals surface area contributed by atoms with Crippen molar-refractivity contribution in [1.82, 2.24) is 0 Å². The third-order valence-corrected chi connectivity index (χ3v) is 4.84. The molecule has 0 aliphatic rings. The van der Waals surface area contributed by atoms with Gasteiger partial charge in [-0.15, -0.1) is 0 Å². The van der Waals surface area contributed by atoms with Gasteiger partial charge in [0.15, 0.2) is 40.6 Å². The highest BCUT2D eigenvalue weighted by atomic mass is 35.5. The lowest BCUT2D eigenvalue weighted by Gasteiger charge is -2.11. The molecule has 0 amide bonds. The van der Waals surface area contributed by atoms with Crippen LogP contribution in [-0.2, 0) is 19.2 Å². The molecule has 12 heteroatoms.